The molecular weight excluding hydrogens is 176 g/mol. The van der Waals surface area contributed by atoms with Crippen LogP contribution in [0.4, 0.5) is 0 Å². The third kappa shape index (κ3) is 1.35. The predicted octanol–water partition coefficient (Wildman–Crippen LogP) is 3.07. The summed E-state index contributed by atoms with van der Waals surface area (Å²) in [5.74, 6) is 0.127. The van der Waals surface area contributed by atoms with Crippen molar-refractivity contribution in [3.8, 4) is 0 Å². The zero-order valence-corrected chi connectivity index (χ0v) is 9.18. The smallest absolute Gasteiger partial charge is 0.310 e. The molecule has 0 bridgehead atoms. The first-order valence-electron chi connectivity index (χ1n) is 5.71. The molecule has 2 heteroatoms. The molecule has 2 aliphatic carbocycles. The molecule has 1 atom stereocenters. The second-order valence-electron chi connectivity index (χ2n) is 5.80. The summed E-state index contributed by atoms with van der Waals surface area (Å²) in [4.78, 5) is 11.3. The van der Waals surface area contributed by atoms with Crippen LogP contribution in [-0.2, 0) is 4.79 Å². The minimum absolute atomic E-state index is 0.0431. The molecule has 2 nitrogen and oxygen atoms in total. The average Bonchev–Trinajstić information content (AvgIpc) is 2.49. The van der Waals surface area contributed by atoms with Gasteiger partial charge in [0.05, 0.1) is 5.41 Å². The third-order valence-corrected chi connectivity index (χ3v) is 4.44. The molecular formula is C12H20O2. The molecule has 14 heavy (non-hydrogen) atoms. The fourth-order valence-corrected chi connectivity index (χ4v) is 3.22. The van der Waals surface area contributed by atoms with E-state index in [2.05, 4.69) is 13.8 Å². The van der Waals surface area contributed by atoms with Gasteiger partial charge in [-0.2, -0.15) is 0 Å². The van der Waals surface area contributed by atoms with E-state index in [1.54, 1.807) is 0 Å². The van der Waals surface area contributed by atoms with E-state index >= 15 is 0 Å². The molecule has 2 rings (SSSR count). The Kier molecular flexibility index (Phi) is 2.13. The first kappa shape index (κ1) is 10.0. The summed E-state index contributed by atoms with van der Waals surface area (Å²) in [7, 11) is 0. The number of hydrogen-bond donors (Lipinski definition) is 1. The molecule has 0 aromatic carbocycles. The van der Waals surface area contributed by atoms with Crippen LogP contribution in [0.5, 0.6) is 0 Å². The highest BCUT2D eigenvalue weighted by molar-refractivity contribution is 5.79. The van der Waals surface area contributed by atoms with Crippen LogP contribution >= 0.6 is 0 Å². The number of carboxylic acid groups (broad SMARTS) is 1. The first-order chi connectivity index (χ1) is 6.48. The molecule has 0 aromatic heterocycles. The second kappa shape index (κ2) is 2.98. The van der Waals surface area contributed by atoms with Crippen LogP contribution in [0, 0.1) is 16.7 Å². The molecule has 2 fully saturated rings. The SMILES string of the molecule is CC1(C)CC1(CC1CCCC1)C(=O)O. The molecule has 2 saturated carbocycles. The third-order valence-electron chi connectivity index (χ3n) is 4.44. The highest BCUT2D eigenvalue weighted by Crippen LogP contribution is 2.67. The topological polar surface area (TPSA) is 37.3 Å². The van der Waals surface area contributed by atoms with E-state index in [9.17, 15) is 9.90 Å². The molecule has 0 heterocycles. The number of carbonyl (C=O) groups is 1. The molecule has 0 radical (unpaired) electrons. The van der Waals surface area contributed by atoms with E-state index in [1.807, 2.05) is 0 Å². The summed E-state index contributed by atoms with van der Waals surface area (Å²) < 4.78 is 0. The van der Waals surface area contributed by atoms with Gasteiger partial charge in [-0.3, -0.25) is 4.79 Å². The van der Waals surface area contributed by atoms with Crippen molar-refractivity contribution in [3.63, 3.8) is 0 Å². The van der Waals surface area contributed by atoms with Crippen LogP contribution in [0.1, 0.15) is 52.4 Å². The summed E-state index contributed by atoms with van der Waals surface area (Å²) in [5.41, 5.74) is -0.330. The average molecular weight is 196 g/mol. The molecule has 1 N–H and O–H groups in total. The van der Waals surface area contributed by atoms with Crippen molar-refractivity contribution in [1.82, 2.24) is 0 Å². The number of aliphatic carboxylic acids is 1. The normalized spacial score (nSPS) is 35.9. The van der Waals surface area contributed by atoms with Gasteiger partial charge in [0.15, 0.2) is 0 Å². The zero-order valence-electron chi connectivity index (χ0n) is 9.18. The van der Waals surface area contributed by atoms with E-state index in [1.165, 1.54) is 25.7 Å². The Balaban J connectivity index is 2.03. The van der Waals surface area contributed by atoms with Crippen molar-refractivity contribution >= 4 is 5.97 Å². The van der Waals surface area contributed by atoms with Gasteiger partial charge in [0.25, 0.3) is 0 Å². The van der Waals surface area contributed by atoms with Gasteiger partial charge in [0.2, 0.25) is 0 Å². The number of rotatable bonds is 3. The van der Waals surface area contributed by atoms with Gasteiger partial charge in [-0.05, 0) is 24.2 Å². The molecule has 0 aliphatic heterocycles. The van der Waals surface area contributed by atoms with Crippen LogP contribution in [0.25, 0.3) is 0 Å². The molecule has 1 unspecified atom stereocenters. The van der Waals surface area contributed by atoms with Crippen molar-refractivity contribution in [2.45, 2.75) is 52.4 Å². The Labute approximate surface area is 85.7 Å². The lowest BCUT2D eigenvalue weighted by Gasteiger charge is -2.19. The van der Waals surface area contributed by atoms with Crippen molar-refractivity contribution in [3.05, 3.63) is 0 Å². The van der Waals surface area contributed by atoms with Crippen LogP contribution < -0.4 is 0 Å². The molecule has 2 aliphatic rings. The summed E-state index contributed by atoms with van der Waals surface area (Å²) in [6.07, 6.45) is 6.93. The Hall–Kier alpha value is -0.530. The molecule has 0 amide bonds. The van der Waals surface area contributed by atoms with Crippen LogP contribution in [-0.4, -0.2) is 11.1 Å². The van der Waals surface area contributed by atoms with E-state index in [4.69, 9.17) is 0 Å². The maximum Gasteiger partial charge on any atom is 0.310 e. The van der Waals surface area contributed by atoms with E-state index in [0.717, 1.165) is 12.8 Å². The fourth-order valence-electron chi connectivity index (χ4n) is 3.22. The van der Waals surface area contributed by atoms with Crippen LogP contribution in [0.3, 0.4) is 0 Å². The van der Waals surface area contributed by atoms with Gasteiger partial charge in [-0.15, -0.1) is 0 Å². The highest BCUT2D eigenvalue weighted by Gasteiger charge is 2.66. The van der Waals surface area contributed by atoms with Gasteiger partial charge < -0.3 is 5.11 Å². The maximum absolute atomic E-state index is 11.3. The fraction of sp³-hybridized carbons (Fsp3) is 0.917. The lowest BCUT2D eigenvalue weighted by atomic mass is 9.85. The van der Waals surface area contributed by atoms with Crippen molar-refractivity contribution in [1.29, 1.82) is 0 Å². The zero-order chi connectivity index (χ0) is 10.4. The molecule has 80 valence electrons. The lowest BCUT2D eigenvalue weighted by molar-refractivity contribution is -0.145. The lowest BCUT2D eigenvalue weighted by Crippen LogP contribution is -2.23. The summed E-state index contributed by atoms with van der Waals surface area (Å²) in [5, 5.41) is 9.30. The largest absolute Gasteiger partial charge is 0.481 e. The van der Waals surface area contributed by atoms with Crippen LogP contribution in [0.15, 0.2) is 0 Å². The minimum Gasteiger partial charge on any atom is -0.481 e. The minimum atomic E-state index is -0.561. The Morgan fingerprint density at radius 1 is 1.36 bits per heavy atom. The summed E-state index contributed by atoms with van der Waals surface area (Å²) in [6.45, 7) is 4.19. The predicted molar refractivity (Wildman–Crippen MR) is 55.0 cm³/mol. The molecule has 0 aromatic rings. The Bertz CT molecular complexity index is 251. The maximum atomic E-state index is 11.3. The van der Waals surface area contributed by atoms with E-state index in [-0.39, 0.29) is 10.8 Å². The van der Waals surface area contributed by atoms with E-state index < -0.39 is 5.97 Å². The standard InChI is InChI=1S/C12H20O2/c1-11(2)8-12(11,10(13)14)7-9-5-3-4-6-9/h9H,3-8H2,1-2H3,(H,13,14). The van der Waals surface area contributed by atoms with Crippen LogP contribution in [0.2, 0.25) is 0 Å². The quantitative estimate of drug-likeness (QED) is 0.753. The molecule has 0 saturated heterocycles. The Morgan fingerprint density at radius 3 is 2.21 bits per heavy atom. The van der Waals surface area contributed by atoms with Crippen molar-refractivity contribution in [2.75, 3.05) is 0 Å². The van der Waals surface area contributed by atoms with Gasteiger partial charge in [0, 0.05) is 0 Å². The van der Waals surface area contributed by atoms with Gasteiger partial charge in [-0.25, -0.2) is 0 Å². The first-order valence-corrected chi connectivity index (χ1v) is 5.71. The van der Waals surface area contributed by atoms with Crippen molar-refractivity contribution < 1.29 is 9.90 Å². The van der Waals surface area contributed by atoms with Gasteiger partial charge >= 0.3 is 5.97 Å². The van der Waals surface area contributed by atoms with E-state index in [0.29, 0.717) is 5.92 Å². The monoisotopic (exact) mass is 196 g/mol. The highest BCUT2D eigenvalue weighted by atomic mass is 16.4. The summed E-state index contributed by atoms with van der Waals surface area (Å²) >= 11 is 0. The summed E-state index contributed by atoms with van der Waals surface area (Å²) in [6, 6.07) is 0. The van der Waals surface area contributed by atoms with Crippen molar-refractivity contribution in [2.24, 2.45) is 16.7 Å². The second-order valence-corrected chi connectivity index (χ2v) is 5.80. The van der Waals surface area contributed by atoms with Gasteiger partial charge in [-0.1, -0.05) is 39.5 Å². The number of hydrogen-bond acceptors (Lipinski definition) is 1. The van der Waals surface area contributed by atoms with Gasteiger partial charge in [0.1, 0.15) is 0 Å². The Morgan fingerprint density at radius 2 is 1.86 bits per heavy atom. The number of carboxylic acids is 1. The molecule has 0 spiro atoms.